The van der Waals surface area contributed by atoms with E-state index in [1.165, 1.54) is 0 Å². The first-order valence-electron chi connectivity index (χ1n) is 5.74. The Kier molecular flexibility index (Phi) is 4.09. The first-order valence-corrected chi connectivity index (χ1v) is 6.53. The number of nitrogens with two attached hydrogens (primary N) is 1. The largest absolute Gasteiger partial charge is 0.497 e. The average Bonchev–Trinajstić information content (AvgIpc) is 2.78. The number of furan rings is 1. The summed E-state index contributed by atoms with van der Waals surface area (Å²) in [5.74, 6) is 1.67. The van der Waals surface area contributed by atoms with E-state index in [4.69, 9.17) is 14.9 Å². The van der Waals surface area contributed by atoms with E-state index in [1.807, 2.05) is 31.2 Å². The molecule has 1 aromatic heterocycles. The molecule has 0 bridgehead atoms. The predicted molar refractivity (Wildman–Crippen MR) is 74.8 cm³/mol. The number of halogens is 1. The number of rotatable bonds is 4. The molecule has 1 unspecified atom stereocenters. The van der Waals surface area contributed by atoms with E-state index in [-0.39, 0.29) is 6.04 Å². The Bertz CT molecular complexity index is 536. The van der Waals surface area contributed by atoms with Gasteiger partial charge in [-0.1, -0.05) is 15.9 Å². The average molecular weight is 310 g/mol. The van der Waals surface area contributed by atoms with E-state index in [0.717, 1.165) is 27.1 Å². The van der Waals surface area contributed by atoms with Crippen molar-refractivity contribution in [1.29, 1.82) is 0 Å². The quantitative estimate of drug-likeness (QED) is 0.938. The van der Waals surface area contributed by atoms with Crippen LogP contribution in [0.4, 0.5) is 0 Å². The van der Waals surface area contributed by atoms with Crippen LogP contribution in [0.25, 0.3) is 0 Å². The fraction of sp³-hybridized carbons (Fsp3) is 0.286. The molecular weight excluding hydrogens is 294 g/mol. The summed E-state index contributed by atoms with van der Waals surface area (Å²) in [6.45, 7) is 2.00. The molecule has 0 spiro atoms. The van der Waals surface area contributed by atoms with Gasteiger partial charge in [0.15, 0.2) is 0 Å². The molecular formula is C14H16BrNO2. The molecule has 0 amide bonds. The van der Waals surface area contributed by atoms with Gasteiger partial charge < -0.3 is 14.9 Å². The lowest BCUT2D eigenvalue weighted by molar-refractivity contribution is 0.413. The Morgan fingerprint density at radius 1 is 1.39 bits per heavy atom. The van der Waals surface area contributed by atoms with Gasteiger partial charge in [0.25, 0.3) is 0 Å². The summed E-state index contributed by atoms with van der Waals surface area (Å²) in [7, 11) is 1.66. The van der Waals surface area contributed by atoms with Crippen molar-refractivity contribution in [2.45, 2.75) is 19.4 Å². The van der Waals surface area contributed by atoms with Crippen molar-refractivity contribution in [3.63, 3.8) is 0 Å². The van der Waals surface area contributed by atoms with Gasteiger partial charge >= 0.3 is 0 Å². The lowest BCUT2D eigenvalue weighted by atomic mass is 10.0. The van der Waals surface area contributed by atoms with Gasteiger partial charge in [-0.05, 0) is 48.7 Å². The summed E-state index contributed by atoms with van der Waals surface area (Å²) in [4.78, 5) is 0. The van der Waals surface area contributed by atoms with Crippen molar-refractivity contribution < 1.29 is 9.15 Å². The Balaban J connectivity index is 2.21. The maximum Gasteiger partial charge on any atom is 0.123 e. The van der Waals surface area contributed by atoms with Gasteiger partial charge in [0, 0.05) is 4.47 Å². The summed E-state index contributed by atoms with van der Waals surface area (Å²) >= 11 is 3.53. The van der Waals surface area contributed by atoms with E-state index < -0.39 is 0 Å². The fourth-order valence-electron chi connectivity index (χ4n) is 1.93. The van der Waals surface area contributed by atoms with Gasteiger partial charge in [-0.25, -0.2) is 0 Å². The second-order valence-electron chi connectivity index (χ2n) is 4.24. The number of aryl methyl sites for hydroxylation is 1. The molecule has 2 N–H and O–H groups in total. The van der Waals surface area contributed by atoms with Gasteiger partial charge in [0.05, 0.1) is 19.4 Å². The highest BCUT2D eigenvalue weighted by Crippen LogP contribution is 2.27. The smallest absolute Gasteiger partial charge is 0.123 e. The minimum Gasteiger partial charge on any atom is -0.497 e. The number of hydrogen-bond acceptors (Lipinski definition) is 3. The van der Waals surface area contributed by atoms with E-state index >= 15 is 0 Å². The molecule has 1 heterocycles. The Morgan fingerprint density at radius 2 is 2.17 bits per heavy atom. The molecule has 1 atom stereocenters. The highest BCUT2D eigenvalue weighted by Gasteiger charge is 2.15. The van der Waals surface area contributed by atoms with Crippen molar-refractivity contribution in [2.24, 2.45) is 5.73 Å². The second-order valence-corrected chi connectivity index (χ2v) is 5.09. The topological polar surface area (TPSA) is 48.4 Å². The van der Waals surface area contributed by atoms with Crippen LogP contribution in [-0.2, 0) is 6.42 Å². The summed E-state index contributed by atoms with van der Waals surface area (Å²) in [6, 6.07) is 7.65. The highest BCUT2D eigenvalue weighted by atomic mass is 79.9. The third-order valence-electron chi connectivity index (χ3n) is 2.93. The molecule has 2 rings (SSSR count). The molecule has 2 aromatic rings. The number of methoxy groups -OCH3 is 1. The summed E-state index contributed by atoms with van der Waals surface area (Å²) < 4.78 is 11.7. The van der Waals surface area contributed by atoms with Crippen molar-refractivity contribution in [2.75, 3.05) is 7.11 Å². The minimum absolute atomic E-state index is 0.150. The van der Waals surface area contributed by atoms with Crippen LogP contribution in [0.3, 0.4) is 0 Å². The van der Waals surface area contributed by atoms with Crippen LogP contribution in [0.15, 0.2) is 39.4 Å². The zero-order valence-corrected chi connectivity index (χ0v) is 12.0. The Labute approximate surface area is 115 Å². The van der Waals surface area contributed by atoms with Crippen LogP contribution in [0, 0.1) is 6.92 Å². The summed E-state index contributed by atoms with van der Waals surface area (Å²) in [5.41, 5.74) is 8.37. The maximum absolute atomic E-state index is 6.18. The lowest BCUT2D eigenvalue weighted by Crippen LogP contribution is -2.14. The minimum atomic E-state index is -0.150. The molecule has 0 saturated carbocycles. The molecule has 0 aliphatic heterocycles. The van der Waals surface area contributed by atoms with Gasteiger partial charge in [0.1, 0.15) is 11.5 Å². The van der Waals surface area contributed by atoms with Crippen molar-refractivity contribution in [1.82, 2.24) is 0 Å². The monoisotopic (exact) mass is 309 g/mol. The first kappa shape index (κ1) is 13.2. The van der Waals surface area contributed by atoms with Crippen LogP contribution in [0.1, 0.15) is 22.9 Å². The van der Waals surface area contributed by atoms with Crippen LogP contribution in [0.5, 0.6) is 5.75 Å². The molecule has 1 aromatic carbocycles. The van der Waals surface area contributed by atoms with Gasteiger partial charge in [-0.15, -0.1) is 0 Å². The molecule has 0 radical (unpaired) electrons. The fourth-order valence-corrected chi connectivity index (χ4v) is 2.34. The standard InChI is InChI=1S/C14H16BrNO2/c1-9-5-6-18-14(9)13(16)8-10-7-11(17-2)3-4-12(10)15/h3-7,13H,8,16H2,1-2H3. The Morgan fingerprint density at radius 3 is 2.78 bits per heavy atom. The summed E-state index contributed by atoms with van der Waals surface area (Å²) in [6.07, 6.45) is 2.37. The molecule has 0 aliphatic carbocycles. The second kappa shape index (κ2) is 5.59. The maximum atomic E-state index is 6.18. The molecule has 96 valence electrons. The molecule has 3 nitrogen and oxygen atoms in total. The number of ether oxygens (including phenoxy) is 1. The van der Waals surface area contributed by atoms with Crippen molar-refractivity contribution in [3.8, 4) is 5.75 Å². The van der Waals surface area contributed by atoms with Crippen LogP contribution < -0.4 is 10.5 Å². The van der Waals surface area contributed by atoms with E-state index in [0.29, 0.717) is 6.42 Å². The molecule has 0 aliphatic rings. The predicted octanol–water partition coefficient (Wildman–Crippen LogP) is 3.60. The highest BCUT2D eigenvalue weighted by molar-refractivity contribution is 9.10. The van der Waals surface area contributed by atoms with Crippen molar-refractivity contribution >= 4 is 15.9 Å². The normalized spacial score (nSPS) is 12.4. The van der Waals surface area contributed by atoms with Crippen molar-refractivity contribution in [3.05, 3.63) is 51.9 Å². The number of benzene rings is 1. The van der Waals surface area contributed by atoms with Crippen LogP contribution in [0.2, 0.25) is 0 Å². The molecule has 0 fully saturated rings. The first-order chi connectivity index (χ1) is 8.61. The van der Waals surface area contributed by atoms with Crippen LogP contribution in [-0.4, -0.2) is 7.11 Å². The third kappa shape index (κ3) is 2.76. The van der Waals surface area contributed by atoms with Crippen LogP contribution >= 0.6 is 15.9 Å². The van der Waals surface area contributed by atoms with E-state index in [9.17, 15) is 0 Å². The zero-order chi connectivity index (χ0) is 13.1. The van der Waals surface area contributed by atoms with E-state index in [1.54, 1.807) is 13.4 Å². The molecule has 0 saturated heterocycles. The van der Waals surface area contributed by atoms with Gasteiger partial charge in [-0.3, -0.25) is 0 Å². The van der Waals surface area contributed by atoms with E-state index in [2.05, 4.69) is 15.9 Å². The number of hydrogen-bond donors (Lipinski definition) is 1. The van der Waals surface area contributed by atoms with Gasteiger partial charge in [-0.2, -0.15) is 0 Å². The Hall–Kier alpha value is -1.26. The summed E-state index contributed by atoms with van der Waals surface area (Å²) in [5, 5.41) is 0. The SMILES string of the molecule is COc1ccc(Br)c(CC(N)c2occc2C)c1. The lowest BCUT2D eigenvalue weighted by Gasteiger charge is -2.12. The van der Waals surface area contributed by atoms with Gasteiger partial charge in [0.2, 0.25) is 0 Å². The molecule has 4 heteroatoms. The third-order valence-corrected chi connectivity index (χ3v) is 3.70. The molecule has 18 heavy (non-hydrogen) atoms. The zero-order valence-electron chi connectivity index (χ0n) is 10.4.